The van der Waals surface area contributed by atoms with Gasteiger partial charge in [-0.3, -0.25) is 0 Å². The van der Waals surface area contributed by atoms with Crippen LogP contribution in [0.1, 0.15) is 0 Å². The van der Waals surface area contributed by atoms with Gasteiger partial charge in [-0.1, -0.05) is 59.1 Å². The fraction of sp³-hybridized carbons (Fsp3) is 0. The van der Waals surface area contributed by atoms with Gasteiger partial charge in [-0.25, -0.2) is 0 Å². The molecule has 1 aliphatic carbocycles. The standard InChI is InChI=1S/C11H4Cl3NS/c12-9-6-4-2-1-3-5(6)7-8(9)10(13)15-16-11(7)14/h1-4H. The third-order valence-electron chi connectivity index (χ3n) is 2.51. The van der Waals surface area contributed by atoms with Crippen molar-refractivity contribution in [2.75, 3.05) is 0 Å². The van der Waals surface area contributed by atoms with Gasteiger partial charge < -0.3 is 0 Å². The zero-order chi connectivity index (χ0) is 11.3. The van der Waals surface area contributed by atoms with Gasteiger partial charge in [-0.15, -0.1) is 0 Å². The molecule has 1 nitrogen and oxygen atoms in total. The van der Waals surface area contributed by atoms with E-state index in [1.54, 1.807) is 0 Å². The van der Waals surface area contributed by atoms with Crippen LogP contribution in [0, 0.1) is 0 Å². The topological polar surface area (TPSA) is 12.9 Å². The van der Waals surface area contributed by atoms with E-state index >= 15 is 0 Å². The van der Waals surface area contributed by atoms with Gasteiger partial charge in [0.2, 0.25) is 0 Å². The van der Waals surface area contributed by atoms with E-state index in [-0.39, 0.29) is 0 Å². The molecule has 0 fully saturated rings. The highest BCUT2D eigenvalue weighted by Crippen LogP contribution is 2.49. The van der Waals surface area contributed by atoms with Crippen molar-refractivity contribution < 1.29 is 0 Å². The monoisotopic (exact) mass is 287 g/mol. The Morgan fingerprint density at radius 1 is 0.938 bits per heavy atom. The fourth-order valence-corrected chi connectivity index (χ4v) is 3.39. The molecule has 0 N–H and O–H groups in total. The molecule has 3 rings (SSSR count). The van der Waals surface area contributed by atoms with E-state index in [9.17, 15) is 0 Å². The first kappa shape index (κ1) is 10.6. The molecule has 0 saturated carbocycles. The molecule has 1 aliphatic heterocycles. The van der Waals surface area contributed by atoms with Gasteiger partial charge in [-0.05, 0) is 16.9 Å². The van der Waals surface area contributed by atoms with Gasteiger partial charge >= 0.3 is 0 Å². The maximum absolute atomic E-state index is 6.29. The molecule has 1 heterocycles. The van der Waals surface area contributed by atoms with Crippen molar-refractivity contribution in [3.63, 3.8) is 0 Å². The van der Waals surface area contributed by atoms with Crippen LogP contribution < -0.4 is 0 Å². The minimum Gasteiger partial charge on any atom is -0.179 e. The van der Waals surface area contributed by atoms with Crippen molar-refractivity contribution in [2.24, 2.45) is 0 Å². The second kappa shape index (κ2) is 3.74. The smallest absolute Gasteiger partial charge is 0.151 e. The maximum atomic E-state index is 6.29. The van der Waals surface area contributed by atoms with Crippen LogP contribution in [-0.4, -0.2) is 4.37 Å². The summed E-state index contributed by atoms with van der Waals surface area (Å²) in [6, 6.07) is 7.83. The molecule has 0 amide bonds. The van der Waals surface area contributed by atoms with E-state index in [0.29, 0.717) is 14.5 Å². The van der Waals surface area contributed by atoms with Gasteiger partial charge in [0.15, 0.2) is 5.15 Å². The first-order chi connectivity index (χ1) is 7.70. The second-order valence-corrected chi connectivity index (χ2v) is 5.47. The Bertz CT molecular complexity index is 662. The Labute approximate surface area is 111 Å². The molecule has 1 aromatic carbocycles. The number of nitrogens with zero attached hydrogens (tertiary/aromatic N) is 1. The number of benzene rings is 1. The Balaban J connectivity index is 2.63. The second-order valence-electron chi connectivity index (χ2n) is 3.36. The van der Waals surface area contributed by atoms with Crippen molar-refractivity contribution in [2.45, 2.75) is 0 Å². The molecule has 0 saturated heterocycles. The van der Waals surface area contributed by atoms with Gasteiger partial charge in [0.25, 0.3) is 0 Å². The van der Waals surface area contributed by atoms with Gasteiger partial charge in [0, 0.05) is 16.5 Å². The third kappa shape index (κ3) is 1.34. The lowest BCUT2D eigenvalue weighted by atomic mass is 10.1. The summed E-state index contributed by atoms with van der Waals surface area (Å²) in [4.78, 5) is 0. The van der Waals surface area contributed by atoms with Crippen LogP contribution in [-0.2, 0) is 0 Å². The number of hydrogen-bond acceptors (Lipinski definition) is 2. The number of fused-ring (bicyclic) bond motifs is 3. The summed E-state index contributed by atoms with van der Waals surface area (Å²) in [6.07, 6.45) is 0. The highest BCUT2D eigenvalue weighted by atomic mass is 35.5. The molecular weight excluding hydrogens is 285 g/mol. The number of halogens is 3. The van der Waals surface area contributed by atoms with Crippen LogP contribution in [0.3, 0.4) is 0 Å². The molecule has 0 radical (unpaired) electrons. The molecular formula is C11H4Cl3NS. The molecule has 1 aromatic rings. The third-order valence-corrected chi connectivity index (χ3v) is 4.31. The summed E-state index contributed by atoms with van der Waals surface area (Å²) >= 11 is 19.7. The predicted molar refractivity (Wildman–Crippen MR) is 71.3 cm³/mol. The lowest BCUT2D eigenvalue weighted by molar-refractivity contribution is 1.53. The average molecular weight is 289 g/mol. The molecule has 5 heteroatoms. The minimum atomic E-state index is 0.408. The maximum Gasteiger partial charge on any atom is 0.151 e. The van der Waals surface area contributed by atoms with E-state index in [1.165, 1.54) is 11.5 Å². The summed E-state index contributed by atoms with van der Waals surface area (Å²) in [7, 11) is 0. The predicted octanol–water partition coefficient (Wildman–Crippen LogP) is 5.36. The summed E-state index contributed by atoms with van der Waals surface area (Å²) < 4.78 is 4.67. The first-order valence-corrected chi connectivity index (χ1v) is 6.41. The summed E-state index contributed by atoms with van der Waals surface area (Å²) in [5, 5.41) is 3.01. The van der Waals surface area contributed by atoms with E-state index in [1.807, 2.05) is 24.3 Å². The fourth-order valence-electron chi connectivity index (χ4n) is 1.84. The Kier molecular flexibility index (Phi) is 2.48. The lowest BCUT2D eigenvalue weighted by Crippen LogP contribution is -1.80. The molecule has 16 heavy (non-hydrogen) atoms. The molecule has 0 aromatic heterocycles. The Hall–Kier alpha value is -0.540. The SMILES string of the molecule is Clc1nsc(Cl)c2c3ccccc3c(Cl)c1-2. The van der Waals surface area contributed by atoms with Crippen molar-refractivity contribution in [3.8, 4) is 11.1 Å². The normalized spacial score (nSPS) is 11.4. The molecule has 80 valence electrons. The van der Waals surface area contributed by atoms with Crippen molar-refractivity contribution >= 4 is 57.1 Å². The summed E-state index contributed by atoms with van der Waals surface area (Å²) in [5.74, 6) is 0. The van der Waals surface area contributed by atoms with Crippen molar-refractivity contribution in [1.29, 1.82) is 0 Å². The summed E-state index contributed by atoms with van der Waals surface area (Å²) in [6.45, 7) is 0. The van der Waals surface area contributed by atoms with Gasteiger partial charge in [-0.2, -0.15) is 4.37 Å². The molecule has 0 bridgehead atoms. The Morgan fingerprint density at radius 2 is 1.62 bits per heavy atom. The zero-order valence-electron chi connectivity index (χ0n) is 7.80. The van der Waals surface area contributed by atoms with Crippen LogP contribution in [0.5, 0.6) is 0 Å². The zero-order valence-corrected chi connectivity index (χ0v) is 10.9. The van der Waals surface area contributed by atoms with Gasteiger partial charge in [0.1, 0.15) is 4.34 Å². The lowest BCUT2D eigenvalue weighted by Gasteiger charge is -2.02. The van der Waals surface area contributed by atoms with E-state index in [0.717, 1.165) is 21.9 Å². The molecule has 0 unspecified atom stereocenters. The molecule has 0 atom stereocenters. The number of aromatic nitrogens is 1. The molecule has 2 aliphatic rings. The van der Waals surface area contributed by atoms with Crippen LogP contribution in [0.25, 0.3) is 21.9 Å². The first-order valence-electron chi connectivity index (χ1n) is 4.50. The molecule has 0 spiro atoms. The Morgan fingerprint density at radius 3 is 2.38 bits per heavy atom. The quantitative estimate of drug-likeness (QED) is 0.542. The van der Waals surface area contributed by atoms with Crippen LogP contribution in [0.2, 0.25) is 14.5 Å². The average Bonchev–Trinajstić information content (AvgIpc) is 2.60. The van der Waals surface area contributed by atoms with E-state index in [4.69, 9.17) is 34.8 Å². The highest BCUT2D eigenvalue weighted by molar-refractivity contribution is 7.11. The highest BCUT2D eigenvalue weighted by Gasteiger charge is 2.23. The van der Waals surface area contributed by atoms with Crippen LogP contribution >= 0.6 is 46.3 Å². The van der Waals surface area contributed by atoms with Gasteiger partial charge in [0.05, 0.1) is 5.02 Å². The van der Waals surface area contributed by atoms with Crippen molar-refractivity contribution in [1.82, 2.24) is 4.37 Å². The van der Waals surface area contributed by atoms with E-state index in [2.05, 4.69) is 4.37 Å². The summed E-state index contributed by atoms with van der Waals surface area (Å²) in [5.41, 5.74) is 1.64. The largest absolute Gasteiger partial charge is 0.179 e. The number of rotatable bonds is 0. The minimum absolute atomic E-state index is 0.408. The number of hydrogen-bond donors (Lipinski definition) is 0. The van der Waals surface area contributed by atoms with E-state index < -0.39 is 0 Å². The van der Waals surface area contributed by atoms with Crippen molar-refractivity contribution in [3.05, 3.63) is 38.8 Å². The van der Waals surface area contributed by atoms with Crippen LogP contribution in [0.15, 0.2) is 24.3 Å². The van der Waals surface area contributed by atoms with Crippen LogP contribution in [0.4, 0.5) is 0 Å².